The van der Waals surface area contributed by atoms with Crippen LogP contribution in [0.3, 0.4) is 0 Å². The van der Waals surface area contributed by atoms with Crippen LogP contribution in [0.2, 0.25) is 0 Å². The maximum absolute atomic E-state index is 4.27. The van der Waals surface area contributed by atoms with Crippen LogP contribution in [0.1, 0.15) is 21.3 Å². The summed E-state index contributed by atoms with van der Waals surface area (Å²) < 4.78 is 0. The van der Waals surface area contributed by atoms with E-state index in [-0.39, 0.29) is 7.43 Å². The summed E-state index contributed by atoms with van der Waals surface area (Å²) in [6, 6.07) is 2.50. The average Bonchev–Trinajstić information content (AvgIpc) is 2.30. The molecule has 2 heterocycles. The van der Waals surface area contributed by atoms with Crippen molar-refractivity contribution in [1.29, 1.82) is 0 Å². The number of nitrogens with zero attached hydrogens (tertiary/aromatic N) is 4. The number of hydrogen-bond donors (Lipinski definition) is 0. The van der Waals surface area contributed by atoms with Crippen molar-refractivity contribution in [3.63, 3.8) is 0 Å². The maximum Gasteiger partial charge on any atom is 0.225 e. The molecule has 0 aromatic carbocycles. The van der Waals surface area contributed by atoms with Crippen LogP contribution in [0.15, 0.2) is 18.5 Å². The highest BCUT2D eigenvalue weighted by molar-refractivity contribution is 5.29. The highest BCUT2D eigenvalue weighted by atomic mass is 15.3. The minimum atomic E-state index is 0. The van der Waals surface area contributed by atoms with Crippen molar-refractivity contribution >= 4 is 5.95 Å². The number of piperazine rings is 1. The van der Waals surface area contributed by atoms with Gasteiger partial charge in [0.25, 0.3) is 0 Å². The fraction of sp³-hybridized carbons (Fsp3) is 0.667. The normalized spacial score (nSPS) is 17.3. The van der Waals surface area contributed by atoms with E-state index in [1.807, 2.05) is 6.07 Å². The molecule has 4 heteroatoms. The Hall–Kier alpha value is -1.16. The smallest absolute Gasteiger partial charge is 0.225 e. The zero-order chi connectivity index (χ0) is 10.7. The summed E-state index contributed by atoms with van der Waals surface area (Å²) >= 11 is 0. The van der Waals surface area contributed by atoms with E-state index in [4.69, 9.17) is 0 Å². The fourth-order valence-corrected chi connectivity index (χ4v) is 1.89. The third-order valence-electron chi connectivity index (χ3n) is 2.88. The molecule has 1 aromatic heterocycles. The Bertz CT molecular complexity index is 291. The lowest BCUT2D eigenvalue weighted by Crippen LogP contribution is -2.49. The first kappa shape index (κ1) is 12.9. The van der Waals surface area contributed by atoms with Gasteiger partial charge < -0.3 is 4.90 Å². The average molecular weight is 222 g/mol. The molecule has 0 aliphatic carbocycles. The molecule has 4 nitrogen and oxygen atoms in total. The van der Waals surface area contributed by atoms with E-state index in [2.05, 4.69) is 33.6 Å². The molecule has 0 bridgehead atoms. The summed E-state index contributed by atoms with van der Waals surface area (Å²) in [5.74, 6) is 0.862. The van der Waals surface area contributed by atoms with Crippen molar-refractivity contribution in [2.24, 2.45) is 0 Å². The van der Waals surface area contributed by atoms with Gasteiger partial charge in [-0.2, -0.15) is 0 Å². The van der Waals surface area contributed by atoms with Gasteiger partial charge in [-0.15, -0.1) is 0 Å². The second kappa shape index (κ2) is 5.80. The van der Waals surface area contributed by atoms with Gasteiger partial charge in [-0.1, -0.05) is 7.43 Å². The van der Waals surface area contributed by atoms with E-state index in [1.165, 1.54) is 0 Å². The molecule has 1 fully saturated rings. The van der Waals surface area contributed by atoms with Crippen LogP contribution >= 0.6 is 0 Å². The molecule has 1 aromatic rings. The number of hydrogen-bond acceptors (Lipinski definition) is 4. The van der Waals surface area contributed by atoms with E-state index >= 15 is 0 Å². The Morgan fingerprint density at radius 1 is 1.06 bits per heavy atom. The highest BCUT2D eigenvalue weighted by Gasteiger charge is 2.19. The molecule has 2 rings (SSSR count). The van der Waals surface area contributed by atoms with Crippen LogP contribution < -0.4 is 4.90 Å². The Kier molecular flexibility index (Phi) is 4.68. The topological polar surface area (TPSA) is 32.3 Å². The molecule has 0 atom stereocenters. The third-order valence-corrected chi connectivity index (χ3v) is 2.88. The van der Waals surface area contributed by atoms with Crippen molar-refractivity contribution in [1.82, 2.24) is 14.9 Å². The minimum absolute atomic E-state index is 0. The van der Waals surface area contributed by atoms with Crippen molar-refractivity contribution in [3.05, 3.63) is 18.5 Å². The number of anilines is 1. The van der Waals surface area contributed by atoms with Gasteiger partial charge in [-0.05, 0) is 19.9 Å². The van der Waals surface area contributed by atoms with Crippen molar-refractivity contribution < 1.29 is 0 Å². The van der Waals surface area contributed by atoms with Gasteiger partial charge in [0.1, 0.15) is 0 Å². The Balaban J connectivity index is 0.00000128. The molecular weight excluding hydrogens is 200 g/mol. The lowest BCUT2D eigenvalue weighted by atomic mass is 10.2. The van der Waals surface area contributed by atoms with Gasteiger partial charge in [0, 0.05) is 44.6 Å². The van der Waals surface area contributed by atoms with Crippen LogP contribution in [0, 0.1) is 0 Å². The predicted octanol–water partition coefficient (Wildman–Crippen LogP) is 1.64. The van der Waals surface area contributed by atoms with Crippen molar-refractivity contribution in [2.45, 2.75) is 27.3 Å². The van der Waals surface area contributed by atoms with Crippen LogP contribution in [0.4, 0.5) is 5.95 Å². The highest BCUT2D eigenvalue weighted by Crippen LogP contribution is 2.11. The Morgan fingerprint density at radius 2 is 1.62 bits per heavy atom. The number of rotatable bonds is 2. The molecule has 0 N–H and O–H groups in total. The first-order valence-electron chi connectivity index (χ1n) is 5.53. The summed E-state index contributed by atoms with van der Waals surface area (Å²) in [6.07, 6.45) is 3.61. The molecule has 90 valence electrons. The monoisotopic (exact) mass is 222 g/mol. The molecule has 0 amide bonds. The summed E-state index contributed by atoms with van der Waals surface area (Å²) in [7, 11) is 0. The molecule has 0 spiro atoms. The van der Waals surface area contributed by atoms with Gasteiger partial charge in [-0.3, -0.25) is 4.90 Å². The maximum atomic E-state index is 4.27. The molecule has 1 aliphatic rings. The molecule has 16 heavy (non-hydrogen) atoms. The van der Waals surface area contributed by atoms with E-state index in [9.17, 15) is 0 Å². The van der Waals surface area contributed by atoms with Crippen LogP contribution in [-0.2, 0) is 0 Å². The quantitative estimate of drug-likeness (QED) is 0.761. The fourth-order valence-electron chi connectivity index (χ4n) is 1.89. The molecule has 0 saturated carbocycles. The summed E-state index contributed by atoms with van der Waals surface area (Å²) in [5.41, 5.74) is 0. The number of aromatic nitrogens is 2. The van der Waals surface area contributed by atoms with Gasteiger partial charge in [0.05, 0.1) is 0 Å². The lowest BCUT2D eigenvalue weighted by molar-refractivity contribution is 0.208. The first-order valence-corrected chi connectivity index (χ1v) is 5.53. The zero-order valence-corrected chi connectivity index (χ0v) is 9.43. The van der Waals surface area contributed by atoms with Crippen molar-refractivity contribution in [3.8, 4) is 0 Å². The van der Waals surface area contributed by atoms with Crippen LogP contribution in [-0.4, -0.2) is 47.1 Å². The second-order valence-electron chi connectivity index (χ2n) is 4.17. The molecular formula is C12H22N4. The Morgan fingerprint density at radius 3 is 2.12 bits per heavy atom. The Labute approximate surface area is 98.3 Å². The van der Waals surface area contributed by atoms with E-state index in [1.54, 1.807) is 12.4 Å². The van der Waals surface area contributed by atoms with Gasteiger partial charge in [-0.25, -0.2) is 9.97 Å². The summed E-state index contributed by atoms with van der Waals surface area (Å²) in [6.45, 7) is 8.76. The van der Waals surface area contributed by atoms with Crippen LogP contribution in [0.25, 0.3) is 0 Å². The predicted molar refractivity (Wildman–Crippen MR) is 67.7 cm³/mol. The molecule has 1 aliphatic heterocycles. The molecule has 0 unspecified atom stereocenters. The molecule has 1 saturated heterocycles. The summed E-state index contributed by atoms with van der Waals surface area (Å²) in [5, 5.41) is 0. The summed E-state index contributed by atoms with van der Waals surface area (Å²) in [4.78, 5) is 13.3. The van der Waals surface area contributed by atoms with E-state index in [0.717, 1.165) is 32.1 Å². The lowest BCUT2D eigenvalue weighted by Gasteiger charge is -2.36. The van der Waals surface area contributed by atoms with Crippen LogP contribution in [0.5, 0.6) is 0 Å². The standard InChI is InChI=1S/C11H18N4.CH4/c1-10(2)14-6-8-15(9-7-14)11-12-4-3-5-13-11;/h3-5,10H,6-9H2,1-2H3;1H4. The van der Waals surface area contributed by atoms with Gasteiger partial charge in [0.15, 0.2) is 0 Å². The zero-order valence-electron chi connectivity index (χ0n) is 9.43. The second-order valence-corrected chi connectivity index (χ2v) is 4.17. The largest absolute Gasteiger partial charge is 0.338 e. The van der Waals surface area contributed by atoms with Gasteiger partial charge in [0.2, 0.25) is 5.95 Å². The first-order chi connectivity index (χ1) is 7.27. The van der Waals surface area contributed by atoms with E-state index < -0.39 is 0 Å². The van der Waals surface area contributed by atoms with Crippen molar-refractivity contribution in [2.75, 3.05) is 31.1 Å². The third kappa shape index (κ3) is 2.92. The van der Waals surface area contributed by atoms with E-state index in [0.29, 0.717) is 6.04 Å². The minimum Gasteiger partial charge on any atom is -0.338 e. The van der Waals surface area contributed by atoms with Gasteiger partial charge >= 0.3 is 0 Å². The molecule has 0 radical (unpaired) electrons. The SMILES string of the molecule is C.CC(C)N1CCN(c2ncccn2)CC1.